The van der Waals surface area contributed by atoms with Crippen molar-refractivity contribution in [2.75, 3.05) is 39.9 Å². The van der Waals surface area contributed by atoms with Crippen LogP contribution in [0.3, 0.4) is 0 Å². The molecule has 1 saturated carbocycles. The van der Waals surface area contributed by atoms with E-state index < -0.39 is 0 Å². The molecule has 0 aromatic heterocycles. The molecule has 0 bridgehead atoms. The molecule has 102 valence electrons. The van der Waals surface area contributed by atoms with E-state index in [1.165, 1.54) is 25.7 Å². The Hall–Kier alpha value is -0.120. The van der Waals surface area contributed by atoms with Crippen LogP contribution in [0, 0.1) is 5.92 Å². The van der Waals surface area contributed by atoms with Crippen LogP contribution in [0.5, 0.6) is 0 Å². The molecule has 0 aliphatic heterocycles. The van der Waals surface area contributed by atoms with Crippen LogP contribution < -0.4 is 5.32 Å². The van der Waals surface area contributed by atoms with Crippen molar-refractivity contribution < 1.29 is 4.74 Å². The van der Waals surface area contributed by atoms with E-state index in [4.69, 9.17) is 4.74 Å². The van der Waals surface area contributed by atoms with Crippen molar-refractivity contribution in [1.82, 2.24) is 10.2 Å². The van der Waals surface area contributed by atoms with E-state index >= 15 is 0 Å². The van der Waals surface area contributed by atoms with Gasteiger partial charge < -0.3 is 15.0 Å². The van der Waals surface area contributed by atoms with Gasteiger partial charge in [0.1, 0.15) is 0 Å². The molecule has 0 amide bonds. The Morgan fingerprint density at radius 3 is 2.76 bits per heavy atom. The molecule has 1 aliphatic carbocycles. The molecule has 1 fully saturated rings. The molecule has 0 aromatic carbocycles. The molecule has 1 rings (SSSR count). The van der Waals surface area contributed by atoms with Crippen LogP contribution in [-0.4, -0.2) is 50.8 Å². The van der Waals surface area contributed by atoms with Gasteiger partial charge in [-0.25, -0.2) is 0 Å². The van der Waals surface area contributed by atoms with Crippen molar-refractivity contribution in [2.24, 2.45) is 5.92 Å². The van der Waals surface area contributed by atoms with Crippen LogP contribution in [0.4, 0.5) is 0 Å². The lowest BCUT2D eigenvalue weighted by molar-refractivity contribution is 0.103. The Kier molecular flexibility index (Phi) is 7.82. The first kappa shape index (κ1) is 14.9. The highest BCUT2D eigenvalue weighted by molar-refractivity contribution is 4.72. The molecule has 17 heavy (non-hydrogen) atoms. The number of ether oxygens (including phenoxy) is 1. The molecule has 0 saturated heterocycles. The molecule has 3 heteroatoms. The Morgan fingerprint density at radius 2 is 2.12 bits per heavy atom. The van der Waals surface area contributed by atoms with Gasteiger partial charge >= 0.3 is 0 Å². The highest BCUT2D eigenvalue weighted by Gasteiger charge is 2.20. The topological polar surface area (TPSA) is 24.5 Å². The van der Waals surface area contributed by atoms with Crippen LogP contribution in [-0.2, 0) is 4.74 Å². The monoisotopic (exact) mass is 242 g/mol. The summed E-state index contributed by atoms with van der Waals surface area (Å²) in [5.41, 5.74) is 0. The van der Waals surface area contributed by atoms with Crippen LogP contribution in [0.1, 0.15) is 39.5 Å². The highest BCUT2D eigenvalue weighted by atomic mass is 16.5. The quantitative estimate of drug-likeness (QED) is 0.562. The second-order valence-electron chi connectivity index (χ2n) is 5.47. The van der Waals surface area contributed by atoms with Gasteiger partial charge in [-0.3, -0.25) is 0 Å². The first-order valence-corrected chi connectivity index (χ1v) is 7.22. The van der Waals surface area contributed by atoms with Crippen LogP contribution >= 0.6 is 0 Å². The summed E-state index contributed by atoms with van der Waals surface area (Å²) >= 11 is 0. The van der Waals surface area contributed by atoms with Crippen molar-refractivity contribution in [3.05, 3.63) is 0 Å². The van der Waals surface area contributed by atoms with Crippen LogP contribution in [0.15, 0.2) is 0 Å². The van der Waals surface area contributed by atoms with Gasteiger partial charge in [0.25, 0.3) is 0 Å². The third-order valence-corrected chi connectivity index (χ3v) is 3.38. The summed E-state index contributed by atoms with van der Waals surface area (Å²) in [6.45, 7) is 9.62. The van der Waals surface area contributed by atoms with E-state index in [0.717, 1.165) is 38.8 Å². The third-order valence-electron chi connectivity index (χ3n) is 3.38. The molecule has 1 N–H and O–H groups in total. The van der Waals surface area contributed by atoms with Gasteiger partial charge in [-0.2, -0.15) is 0 Å². The Labute approximate surface area is 107 Å². The lowest BCUT2D eigenvalue weighted by atomic mass is 10.2. The maximum atomic E-state index is 5.63. The van der Waals surface area contributed by atoms with Crippen LogP contribution in [0.25, 0.3) is 0 Å². The number of nitrogens with one attached hydrogen (secondary N) is 1. The van der Waals surface area contributed by atoms with Gasteiger partial charge in [0.2, 0.25) is 0 Å². The normalized spacial score (nSPS) is 17.6. The fourth-order valence-electron chi connectivity index (χ4n) is 1.90. The van der Waals surface area contributed by atoms with Crippen molar-refractivity contribution in [2.45, 2.75) is 45.6 Å². The van der Waals surface area contributed by atoms with E-state index in [-0.39, 0.29) is 0 Å². The number of rotatable bonds is 11. The van der Waals surface area contributed by atoms with E-state index in [9.17, 15) is 0 Å². The van der Waals surface area contributed by atoms with Gasteiger partial charge in [0, 0.05) is 32.3 Å². The molecule has 0 radical (unpaired) electrons. The summed E-state index contributed by atoms with van der Waals surface area (Å²) in [5.74, 6) is 0.886. The lowest BCUT2D eigenvalue weighted by Gasteiger charge is -2.19. The largest absolute Gasteiger partial charge is 0.380 e. The first-order chi connectivity index (χ1) is 8.22. The van der Waals surface area contributed by atoms with Gasteiger partial charge in [-0.15, -0.1) is 0 Å². The molecule has 1 atom stereocenters. The number of hydrogen-bond acceptors (Lipinski definition) is 3. The van der Waals surface area contributed by atoms with Gasteiger partial charge in [0.05, 0.1) is 6.61 Å². The SMILES string of the molecule is CCCC(C)NCCN(C)CCOCC1CC1. The predicted molar refractivity (Wildman–Crippen MR) is 73.4 cm³/mol. The van der Waals surface area contributed by atoms with Crippen LogP contribution in [0.2, 0.25) is 0 Å². The number of nitrogens with zero attached hydrogens (tertiary/aromatic N) is 1. The second kappa shape index (κ2) is 8.90. The number of hydrogen-bond donors (Lipinski definition) is 1. The van der Waals surface area contributed by atoms with E-state index in [1.54, 1.807) is 0 Å². The average molecular weight is 242 g/mol. The van der Waals surface area contributed by atoms with E-state index in [0.29, 0.717) is 6.04 Å². The zero-order valence-corrected chi connectivity index (χ0v) is 11.9. The Morgan fingerprint density at radius 1 is 1.35 bits per heavy atom. The zero-order valence-electron chi connectivity index (χ0n) is 11.9. The summed E-state index contributed by atoms with van der Waals surface area (Å²) in [6.07, 6.45) is 5.30. The summed E-state index contributed by atoms with van der Waals surface area (Å²) in [5, 5.41) is 3.55. The Bertz CT molecular complexity index is 183. The summed E-state index contributed by atoms with van der Waals surface area (Å²) < 4.78 is 5.63. The minimum absolute atomic E-state index is 0.652. The van der Waals surface area contributed by atoms with Gasteiger partial charge in [0.15, 0.2) is 0 Å². The van der Waals surface area contributed by atoms with Crippen molar-refractivity contribution >= 4 is 0 Å². The minimum atomic E-state index is 0.652. The fourth-order valence-corrected chi connectivity index (χ4v) is 1.90. The zero-order chi connectivity index (χ0) is 12.5. The smallest absolute Gasteiger partial charge is 0.0593 e. The highest BCUT2D eigenvalue weighted by Crippen LogP contribution is 2.28. The maximum absolute atomic E-state index is 5.63. The fraction of sp³-hybridized carbons (Fsp3) is 1.00. The lowest BCUT2D eigenvalue weighted by Crippen LogP contribution is -2.35. The molecule has 1 aliphatic rings. The molecule has 0 spiro atoms. The molecule has 0 heterocycles. The summed E-state index contributed by atoms with van der Waals surface area (Å²) in [4.78, 5) is 2.35. The molecular formula is C14H30N2O. The molecule has 0 aromatic rings. The van der Waals surface area contributed by atoms with Gasteiger partial charge in [-0.05, 0) is 39.2 Å². The number of likely N-dealkylation sites (N-methyl/N-ethyl adjacent to an activating group) is 1. The molecular weight excluding hydrogens is 212 g/mol. The molecule has 3 nitrogen and oxygen atoms in total. The predicted octanol–water partition coefficient (Wildman–Crippen LogP) is 2.12. The van der Waals surface area contributed by atoms with Crippen molar-refractivity contribution in [3.63, 3.8) is 0 Å². The van der Waals surface area contributed by atoms with Gasteiger partial charge in [-0.1, -0.05) is 13.3 Å². The minimum Gasteiger partial charge on any atom is -0.380 e. The van der Waals surface area contributed by atoms with E-state index in [2.05, 4.69) is 31.1 Å². The standard InChI is InChI=1S/C14H30N2O/c1-4-5-13(2)15-8-9-16(3)10-11-17-12-14-6-7-14/h13-15H,4-12H2,1-3H3. The Balaban J connectivity index is 1.84. The maximum Gasteiger partial charge on any atom is 0.0593 e. The molecule has 1 unspecified atom stereocenters. The average Bonchev–Trinajstić information content (AvgIpc) is 3.09. The second-order valence-corrected chi connectivity index (χ2v) is 5.47. The summed E-state index contributed by atoms with van der Waals surface area (Å²) in [7, 11) is 2.17. The van der Waals surface area contributed by atoms with E-state index in [1.807, 2.05) is 0 Å². The van der Waals surface area contributed by atoms with Crippen molar-refractivity contribution in [1.29, 1.82) is 0 Å². The van der Waals surface area contributed by atoms with Crippen molar-refractivity contribution in [3.8, 4) is 0 Å². The summed E-state index contributed by atoms with van der Waals surface area (Å²) in [6, 6.07) is 0.652. The first-order valence-electron chi connectivity index (χ1n) is 7.22. The third kappa shape index (κ3) is 8.58.